The number of benzene rings is 1. The molecule has 0 atom stereocenters. The normalized spacial score (nSPS) is 10.6. The molecule has 0 aliphatic carbocycles. The van der Waals surface area contributed by atoms with E-state index >= 15 is 0 Å². The van der Waals surface area contributed by atoms with E-state index in [1.807, 2.05) is 44.2 Å². The summed E-state index contributed by atoms with van der Waals surface area (Å²) in [7, 11) is 0. The summed E-state index contributed by atoms with van der Waals surface area (Å²) in [4.78, 5) is 15.9. The number of carbonyl (C=O) groups is 1. The summed E-state index contributed by atoms with van der Waals surface area (Å²) in [6.45, 7) is 4.33. The van der Waals surface area contributed by atoms with Gasteiger partial charge in [-0.15, -0.1) is 0 Å². The second-order valence-electron chi connectivity index (χ2n) is 4.40. The van der Waals surface area contributed by atoms with E-state index in [1.54, 1.807) is 6.20 Å². The van der Waals surface area contributed by atoms with E-state index in [4.69, 9.17) is 4.74 Å². The molecule has 94 valence electrons. The molecule has 0 unspecified atom stereocenters. The van der Waals surface area contributed by atoms with Crippen LogP contribution in [0.4, 0.5) is 4.79 Å². The van der Waals surface area contributed by atoms with E-state index in [-0.39, 0.29) is 6.61 Å². The Morgan fingerprint density at radius 1 is 1.33 bits per heavy atom. The van der Waals surface area contributed by atoms with Crippen molar-refractivity contribution in [3.63, 3.8) is 0 Å². The molecule has 4 heteroatoms. The van der Waals surface area contributed by atoms with Gasteiger partial charge in [-0.25, -0.2) is 14.3 Å². The van der Waals surface area contributed by atoms with E-state index < -0.39 is 6.09 Å². The summed E-state index contributed by atoms with van der Waals surface area (Å²) < 4.78 is 6.56. The monoisotopic (exact) mass is 244 g/mol. The zero-order valence-electron chi connectivity index (χ0n) is 10.5. The third-order valence-corrected chi connectivity index (χ3v) is 2.61. The van der Waals surface area contributed by atoms with Crippen molar-refractivity contribution in [3.8, 4) is 0 Å². The Labute approximate surface area is 106 Å². The Hall–Kier alpha value is -2.10. The van der Waals surface area contributed by atoms with E-state index in [9.17, 15) is 4.79 Å². The van der Waals surface area contributed by atoms with Crippen LogP contribution in [0.25, 0.3) is 0 Å². The van der Waals surface area contributed by atoms with Crippen LogP contribution in [-0.4, -0.2) is 15.6 Å². The molecule has 1 aromatic heterocycles. The van der Waals surface area contributed by atoms with E-state index in [0.717, 1.165) is 11.3 Å². The highest BCUT2D eigenvalue weighted by Crippen LogP contribution is 2.11. The van der Waals surface area contributed by atoms with Crippen molar-refractivity contribution in [1.82, 2.24) is 9.55 Å². The van der Waals surface area contributed by atoms with Gasteiger partial charge in [0.25, 0.3) is 0 Å². The van der Waals surface area contributed by atoms with Crippen LogP contribution in [-0.2, 0) is 11.3 Å². The van der Waals surface area contributed by atoms with E-state index in [2.05, 4.69) is 4.98 Å². The third-order valence-electron chi connectivity index (χ3n) is 2.61. The van der Waals surface area contributed by atoms with Crippen molar-refractivity contribution in [1.29, 1.82) is 0 Å². The van der Waals surface area contributed by atoms with Gasteiger partial charge in [-0.2, -0.15) is 0 Å². The lowest BCUT2D eigenvalue weighted by molar-refractivity contribution is 0.141. The molecular weight excluding hydrogens is 228 g/mol. The molecule has 0 bridgehead atoms. The number of hydrogen-bond donors (Lipinski definition) is 0. The fraction of sp³-hybridized carbons (Fsp3) is 0.286. The smallest absolute Gasteiger partial charge is 0.419 e. The Bertz CT molecular complexity index is 518. The fourth-order valence-corrected chi connectivity index (χ4v) is 1.53. The van der Waals surface area contributed by atoms with Crippen LogP contribution in [0, 0.1) is 0 Å². The summed E-state index contributed by atoms with van der Waals surface area (Å²) in [6.07, 6.45) is 2.79. The predicted molar refractivity (Wildman–Crippen MR) is 68.3 cm³/mol. The highest BCUT2D eigenvalue weighted by molar-refractivity contribution is 5.70. The average Bonchev–Trinajstić information content (AvgIpc) is 2.87. The Kier molecular flexibility index (Phi) is 3.77. The first-order valence-corrected chi connectivity index (χ1v) is 5.92. The van der Waals surface area contributed by atoms with Crippen LogP contribution in [0.3, 0.4) is 0 Å². The minimum Gasteiger partial charge on any atom is -0.444 e. The standard InChI is InChI=1S/C14H16N2O2/c1-11(2)13-8-16(10-15-13)14(17)18-9-12-6-4-3-5-7-12/h3-8,10-11H,9H2,1-2H3. The van der Waals surface area contributed by atoms with Gasteiger partial charge in [0.1, 0.15) is 12.9 Å². The number of ether oxygens (including phenoxy) is 1. The van der Waals surface area contributed by atoms with Gasteiger partial charge in [-0.05, 0) is 11.5 Å². The molecule has 0 aliphatic rings. The summed E-state index contributed by atoms with van der Waals surface area (Å²) >= 11 is 0. The van der Waals surface area contributed by atoms with Crippen molar-refractivity contribution in [3.05, 3.63) is 54.1 Å². The summed E-state index contributed by atoms with van der Waals surface area (Å²) in [5.74, 6) is 0.299. The predicted octanol–water partition coefficient (Wildman–Crippen LogP) is 3.19. The molecule has 0 fully saturated rings. The number of nitrogens with zero attached hydrogens (tertiary/aromatic N) is 2. The highest BCUT2D eigenvalue weighted by Gasteiger charge is 2.09. The Balaban J connectivity index is 1.95. The zero-order chi connectivity index (χ0) is 13.0. The van der Waals surface area contributed by atoms with E-state index in [0.29, 0.717) is 5.92 Å². The molecule has 0 amide bonds. The molecule has 0 radical (unpaired) electrons. The molecule has 1 aromatic carbocycles. The molecule has 0 saturated carbocycles. The largest absolute Gasteiger partial charge is 0.444 e. The average molecular weight is 244 g/mol. The van der Waals surface area contributed by atoms with Gasteiger partial charge < -0.3 is 4.74 Å². The Morgan fingerprint density at radius 2 is 2.06 bits per heavy atom. The van der Waals surface area contributed by atoms with Gasteiger partial charge in [0.05, 0.1) is 5.69 Å². The lowest BCUT2D eigenvalue weighted by Gasteiger charge is -2.04. The second kappa shape index (κ2) is 5.49. The van der Waals surface area contributed by atoms with Crippen molar-refractivity contribution in [2.75, 3.05) is 0 Å². The summed E-state index contributed by atoms with van der Waals surface area (Å²) in [5, 5.41) is 0. The zero-order valence-corrected chi connectivity index (χ0v) is 10.5. The summed E-state index contributed by atoms with van der Waals surface area (Å²) in [5.41, 5.74) is 1.85. The molecule has 18 heavy (non-hydrogen) atoms. The highest BCUT2D eigenvalue weighted by atomic mass is 16.5. The number of hydrogen-bond acceptors (Lipinski definition) is 3. The lowest BCUT2D eigenvalue weighted by Crippen LogP contribution is -2.11. The molecule has 0 spiro atoms. The van der Waals surface area contributed by atoms with Crippen LogP contribution in [0.2, 0.25) is 0 Å². The van der Waals surface area contributed by atoms with Crippen molar-refractivity contribution in [2.24, 2.45) is 0 Å². The van der Waals surface area contributed by atoms with Crippen molar-refractivity contribution >= 4 is 6.09 Å². The second-order valence-corrected chi connectivity index (χ2v) is 4.40. The van der Waals surface area contributed by atoms with Crippen LogP contribution >= 0.6 is 0 Å². The van der Waals surface area contributed by atoms with Crippen LogP contribution in [0.15, 0.2) is 42.9 Å². The molecule has 1 heterocycles. The molecule has 0 aliphatic heterocycles. The molecule has 2 rings (SSSR count). The van der Waals surface area contributed by atoms with Gasteiger partial charge in [0, 0.05) is 6.20 Å². The maximum absolute atomic E-state index is 11.8. The minimum atomic E-state index is -0.404. The van der Waals surface area contributed by atoms with Crippen molar-refractivity contribution < 1.29 is 9.53 Å². The van der Waals surface area contributed by atoms with Gasteiger partial charge in [-0.3, -0.25) is 0 Å². The number of rotatable bonds is 3. The van der Waals surface area contributed by atoms with Gasteiger partial charge in [0.2, 0.25) is 0 Å². The number of imidazole rings is 1. The SMILES string of the molecule is CC(C)c1cn(C(=O)OCc2ccccc2)cn1. The van der Waals surface area contributed by atoms with Gasteiger partial charge in [0.15, 0.2) is 0 Å². The maximum Gasteiger partial charge on any atom is 0.419 e. The molecule has 4 nitrogen and oxygen atoms in total. The molecule has 2 aromatic rings. The quantitative estimate of drug-likeness (QED) is 0.832. The number of carbonyl (C=O) groups excluding carboxylic acids is 1. The summed E-state index contributed by atoms with van der Waals surface area (Å²) in [6, 6.07) is 9.59. The van der Waals surface area contributed by atoms with Crippen molar-refractivity contribution in [2.45, 2.75) is 26.4 Å². The first-order chi connectivity index (χ1) is 8.66. The van der Waals surface area contributed by atoms with Crippen LogP contribution in [0.5, 0.6) is 0 Å². The first-order valence-electron chi connectivity index (χ1n) is 5.92. The maximum atomic E-state index is 11.8. The molecule has 0 N–H and O–H groups in total. The number of aromatic nitrogens is 2. The third kappa shape index (κ3) is 2.97. The lowest BCUT2D eigenvalue weighted by atomic mass is 10.2. The fourth-order valence-electron chi connectivity index (χ4n) is 1.53. The van der Waals surface area contributed by atoms with Gasteiger partial charge in [-0.1, -0.05) is 44.2 Å². The first kappa shape index (κ1) is 12.4. The Morgan fingerprint density at radius 3 is 2.67 bits per heavy atom. The van der Waals surface area contributed by atoms with E-state index in [1.165, 1.54) is 10.9 Å². The topological polar surface area (TPSA) is 44.1 Å². The minimum absolute atomic E-state index is 0.273. The molecule has 0 saturated heterocycles. The van der Waals surface area contributed by atoms with Crippen LogP contribution in [0.1, 0.15) is 31.0 Å². The van der Waals surface area contributed by atoms with Crippen LogP contribution < -0.4 is 0 Å². The van der Waals surface area contributed by atoms with Gasteiger partial charge >= 0.3 is 6.09 Å². The molecular formula is C14H16N2O2.